The zero-order chi connectivity index (χ0) is 15.2. The molecule has 21 heavy (non-hydrogen) atoms. The van der Waals surface area contributed by atoms with E-state index >= 15 is 0 Å². The fraction of sp³-hybridized carbons (Fsp3) is 0.333. The molecule has 0 aromatic heterocycles. The van der Waals surface area contributed by atoms with Crippen molar-refractivity contribution in [1.82, 2.24) is 0 Å². The highest BCUT2D eigenvalue weighted by Gasteiger charge is 2.05. The number of para-hydroxylation sites is 1. The van der Waals surface area contributed by atoms with E-state index in [-0.39, 0.29) is 0 Å². The maximum absolute atomic E-state index is 6.11. The lowest BCUT2D eigenvalue weighted by atomic mass is 10.0. The summed E-state index contributed by atoms with van der Waals surface area (Å²) in [6, 6.07) is 14.5. The van der Waals surface area contributed by atoms with Gasteiger partial charge >= 0.3 is 0 Å². The van der Waals surface area contributed by atoms with Crippen molar-refractivity contribution in [2.45, 2.75) is 33.2 Å². The zero-order valence-corrected chi connectivity index (χ0v) is 13.0. The Kier molecular flexibility index (Phi) is 5.09. The predicted molar refractivity (Wildman–Crippen MR) is 89.9 cm³/mol. The van der Waals surface area contributed by atoms with Crippen molar-refractivity contribution in [2.75, 3.05) is 17.7 Å². The molecule has 0 atom stereocenters. The molecule has 3 heteroatoms. The van der Waals surface area contributed by atoms with E-state index in [0.717, 1.165) is 18.0 Å². The molecular weight excluding hydrogens is 260 g/mol. The molecule has 0 saturated heterocycles. The van der Waals surface area contributed by atoms with Gasteiger partial charge in [0.15, 0.2) is 0 Å². The topological polar surface area (TPSA) is 47.3 Å². The predicted octanol–water partition coefficient (Wildman–Crippen LogP) is 4.40. The van der Waals surface area contributed by atoms with Gasteiger partial charge in [0.1, 0.15) is 5.75 Å². The molecule has 0 unspecified atom stereocenters. The molecule has 0 aliphatic rings. The van der Waals surface area contributed by atoms with E-state index in [2.05, 4.69) is 43.4 Å². The number of ether oxygens (including phenoxy) is 1. The number of rotatable bonds is 6. The van der Waals surface area contributed by atoms with Crippen LogP contribution in [0, 0.1) is 0 Å². The summed E-state index contributed by atoms with van der Waals surface area (Å²) in [5, 5.41) is 3.37. The van der Waals surface area contributed by atoms with Gasteiger partial charge in [-0.25, -0.2) is 0 Å². The Balaban J connectivity index is 2.04. The summed E-state index contributed by atoms with van der Waals surface area (Å²) in [5.41, 5.74) is 10.3. The van der Waals surface area contributed by atoms with Gasteiger partial charge in [-0.2, -0.15) is 0 Å². The molecular formula is C18H24N2O. The Labute approximate surface area is 127 Å². The summed E-state index contributed by atoms with van der Waals surface area (Å²) in [4.78, 5) is 0. The monoisotopic (exact) mass is 284 g/mol. The van der Waals surface area contributed by atoms with E-state index in [4.69, 9.17) is 10.5 Å². The van der Waals surface area contributed by atoms with E-state index in [0.29, 0.717) is 18.2 Å². The van der Waals surface area contributed by atoms with E-state index in [1.165, 1.54) is 11.1 Å². The average molecular weight is 284 g/mol. The molecule has 3 N–H and O–H groups in total. The molecule has 0 saturated carbocycles. The minimum atomic E-state index is 0.561. The minimum absolute atomic E-state index is 0.561. The highest BCUT2D eigenvalue weighted by molar-refractivity contribution is 5.72. The van der Waals surface area contributed by atoms with Crippen LogP contribution >= 0.6 is 0 Å². The molecule has 0 aliphatic heterocycles. The second kappa shape index (κ2) is 7.02. The first-order chi connectivity index (χ1) is 10.1. The molecule has 2 rings (SSSR count). The molecule has 2 aromatic carbocycles. The van der Waals surface area contributed by atoms with Crippen LogP contribution in [0.25, 0.3) is 0 Å². The van der Waals surface area contributed by atoms with Crippen LogP contribution in [0.5, 0.6) is 5.75 Å². The van der Waals surface area contributed by atoms with E-state index < -0.39 is 0 Å². The average Bonchev–Trinajstić information content (AvgIpc) is 2.49. The maximum atomic E-state index is 6.11. The van der Waals surface area contributed by atoms with Gasteiger partial charge < -0.3 is 15.8 Å². The second-order valence-electron chi connectivity index (χ2n) is 5.40. The number of anilines is 2. The Morgan fingerprint density at radius 1 is 1.10 bits per heavy atom. The van der Waals surface area contributed by atoms with Gasteiger partial charge in [-0.15, -0.1) is 0 Å². The lowest BCUT2D eigenvalue weighted by molar-refractivity contribution is 0.342. The van der Waals surface area contributed by atoms with E-state index in [9.17, 15) is 0 Å². The van der Waals surface area contributed by atoms with Crippen LogP contribution in [-0.2, 0) is 6.54 Å². The first-order valence-electron chi connectivity index (χ1n) is 7.45. The number of nitrogens with two attached hydrogens (primary N) is 1. The van der Waals surface area contributed by atoms with Crippen LogP contribution in [0.3, 0.4) is 0 Å². The molecule has 0 spiro atoms. The van der Waals surface area contributed by atoms with Crippen molar-refractivity contribution in [3.8, 4) is 5.75 Å². The van der Waals surface area contributed by atoms with Gasteiger partial charge in [0.05, 0.1) is 18.0 Å². The number of hydrogen-bond donors (Lipinski definition) is 2. The van der Waals surface area contributed by atoms with Crippen molar-refractivity contribution >= 4 is 11.4 Å². The number of nitrogens with one attached hydrogen (secondary N) is 1. The maximum Gasteiger partial charge on any atom is 0.144 e. The van der Waals surface area contributed by atoms with Crippen LogP contribution in [0.1, 0.15) is 37.8 Å². The summed E-state index contributed by atoms with van der Waals surface area (Å²) in [5.74, 6) is 1.29. The standard InChI is InChI=1S/C18H24N2O/c1-4-21-17-7-5-6-16(18(17)19)20-12-14-8-10-15(11-9-14)13(2)3/h5-11,13,20H,4,12,19H2,1-3H3. The number of hydrogen-bond acceptors (Lipinski definition) is 3. The number of nitrogen functional groups attached to an aromatic ring is 1. The molecule has 0 bridgehead atoms. The minimum Gasteiger partial charge on any atom is -0.492 e. The van der Waals surface area contributed by atoms with Crippen molar-refractivity contribution in [1.29, 1.82) is 0 Å². The fourth-order valence-corrected chi connectivity index (χ4v) is 2.20. The smallest absolute Gasteiger partial charge is 0.144 e. The Bertz CT molecular complexity index is 576. The van der Waals surface area contributed by atoms with Gasteiger partial charge in [-0.05, 0) is 36.1 Å². The first-order valence-corrected chi connectivity index (χ1v) is 7.45. The highest BCUT2D eigenvalue weighted by Crippen LogP contribution is 2.29. The lowest BCUT2D eigenvalue weighted by Gasteiger charge is -2.13. The molecule has 2 aromatic rings. The van der Waals surface area contributed by atoms with Crippen LogP contribution < -0.4 is 15.8 Å². The van der Waals surface area contributed by atoms with E-state index in [1.54, 1.807) is 0 Å². The number of benzene rings is 2. The van der Waals surface area contributed by atoms with Gasteiger partial charge in [-0.1, -0.05) is 44.2 Å². The Hall–Kier alpha value is -2.16. The van der Waals surface area contributed by atoms with Crippen molar-refractivity contribution in [3.63, 3.8) is 0 Å². The summed E-state index contributed by atoms with van der Waals surface area (Å²) in [6.07, 6.45) is 0. The Morgan fingerprint density at radius 3 is 2.43 bits per heavy atom. The molecule has 0 amide bonds. The van der Waals surface area contributed by atoms with Crippen LogP contribution in [-0.4, -0.2) is 6.61 Å². The van der Waals surface area contributed by atoms with Gasteiger partial charge in [0.2, 0.25) is 0 Å². The van der Waals surface area contributed by atoms with E-state index in [1.807, 2.05) is 25.1 Å². The summed E-state index contributed by atoms with van der Waals surface area (Å²) in [6.45, 7) is 7.72. The summed E-state index contributed by atoms with van der Waals surface area (Å²) in [7, 11) is 0. The first kappa shape index (κ1) is 15.2. The largest absolute Gasteiger partial charge is 0.492 e. The third-order valence-corrected chi connectivity index (χ3v) is 3.50. The summed E-state index contributed by atoms with van der Waals surface area (Å²) < 4.78 is 5.51. The normalized spacial score (nSPS) is 10.7. The molecule has 0 fully saturated rings. The highest BCUT2D eigenvalue weighted by atomic mass is 16.5. The third kappa shape index (κ3) is 3.91. The SMILES string of the molecule is CCOc1cccc(NCc2ccc(C(C)C)cc2)c1N. The molecule has 3 nitrogen and oxygen atoms in total. The zero-order valence-electron chi connectivity index (χ0n) is 13.0. The van der Waals surface area contributed by atoms with Gasteiger partial charge in [0, 0.05) is 6.54 Å². The molecule has 0 aliphatic carbocycles. The molecule has 112 valence electrons. The van der Waals surface area contributed by atoms with Crippen LogP contribution in [0.15, 0.2) is 42.5 Å². The fourth-order valence-electron chi connectivity index (χ4n) is 2.20. The van der Waals surface area contributed by atoms with Crippen LogP contribution in [0.2, 0.25) is 0 Å². The second-order valence-corrected chi connectivity index (χ2v) is 5.40. The van der Waals surface area contributed by atoms with Crippen molar-refractivity contribution in [3.05, 3.63) is 53.6 Å². The van der Waals surface area contributed by atoms with Crippen LogP contribution in [0.4, 0.5) is 11.4 Å². The van der Waals surface area contributed by atoms with Crippen molar-refractivity contribution in [2.24, 2.45) is 0 Å². The summed E-state index contributed by atoms with van der Waals surface area (Å²) >= 11 is 0. The van der Waals surface area contributed by atoms with Gasteiger partial charge in [-0.3, -0.25) is 0 Å². The molecule has 0 radical (unpaired) electrons. The quantitative estimate of drug-likeness (QED) is 0.773. The third-order valence-electron chi connectivity index (χ3n) is 3.50. The lowest BCUT2D eigenvalue weighted by Crippen LogP contribution is -2.04. The van der Waals surface area contributed by atoms with Crippen molar-refractivity contribution < 1.29 is 4.74 Å². The van der Waals surface area contributed by atoms with Gasteiger partial charge in [0.25, 0.3) is 0 Å². The Morgan fingerprint density at radius 2 is 1.81 bits per heavy atom. The molecule has 0 heterocycles.